The number of pyridine rings is 2. The number of carbonyl (C=O) groups is 2. The van der Waals surface area contributed by atoms with E-state index in [4.69, 9.17) is 5.73 Å². The van der Waals surface area contributed by atoms with Crippen LogP contribution in [0, 0.1) is 6.92 Å². The lowest BCUT2D eigenvalue weighted by atomic mass is 9.99. The van der Waals surface area contributed by atoms with Gasteiger partial charge in [0.15, 0.2) is 0 Å². The summed E-state index contributed by atoms with van der Waals surface area (Å²) in [4.78, 5) is 35.8. The summed E-state index contributed by atoms with van der Waals surface area (Å²) in [7, 11) is 0. The summed E-state index contributed by atoms with van der Waals surface area (Å²) >= 11 is 0. The maximum absolute atomic E-state index is 12.7. The average molecular weight is 478 g/mol. The highest BCUT2D eigenvalue weighted by Gasteiger charge is 2.20. The van der Waals surface area contributed by atoms with E-state index in [9.17, 15) is 9.59 Å². The number of piperidine rings is 1. The number of aryl methyl sites for hydroxylation is 1. The third kappa shape index (κ3) is 4.95. The van der Waals surface area contributed by atoms with E-state index in [1.54, 1.807) is 18.5 Å². The van der Waals surface area contributed by atoms with E-state index in [2.05, 4.69) is 15.3 Å². The molecule has 180 valence electrons. The topological polar surface area (TPSA) is 101 Å². The zero-order valence-electron chi connectivity index (χ0n) is 20.1. The number of hydrogen-bond donors (Lipinski definition) is 2. The highest BCUT2D eigenvalue weighted by Crippen LogP contribution is 2.31. The molecule has 2 aromatic heterocycles. The van der Waals surface area contributed by atoms with Crippen LogP contribution in [0.5, 0.6) is 0 Å². The highest BCUT2D eigenvalue weighted by atomic mass is 16.2. The number of carbonyl (C=O) groups excluding carboxylic acids is 2. The Balaban J connectivity index is 1.28. The van der Waals surface area contributed by atoms with E-state index in [1.165, 1.54) is 0 Å². The summed E-state index contributed by atoms with van der Waals surface area (Å²) in [5, 5.41) is 4.59. The van der Waals surface area contributed by atoms with Crippen LogP contribution in [-0.2, 0) is 4.79 Å². The first-order valence-electron chi connectivity index (χ1n) is 11.9. The van der Waals surface area contributed by atoms with Gasteiger partial charge in [0.25, 0.3) is 5.91 Å². The van der Waals surface area contributed by atoms with Crippen molar-refractivity contribution in [2.75, 3.05) is 24.1 Å². The summed E-state index contributed by atoms with van der Waals surface area (Å²) in [6, 6.07) is 17.0. The molecule has 36 heavy (non-hydrogen) atoms. The highest BCUT2D eigenvalue weighted by molar-refractivity contribution is 6.02. The molecule has 0 unspecified atom stereocenters. The normalized spacial score (nSPS) is 13.5. The Morgan fingerprint density at radius 1 is 1.03 bits per heavy atom. The molecule has 4 aromatic rings. The summed E-state index contributed by atoms with van der Waals surface area (Å²) in [5.41, 5.74) is 11.7. The van der Waals surface area contributed by atoms with Crippen LogP contribution in [0.4, 0.5) is 11.5 Å². The molecule has 1 fully saturated rings. The summed E-state index contributed by atoms with van der Waals surface area (Å²) in [6.07, 6.45) is 8.23. The molecule has 1 saturated heterocycles. The summed E-state index contributed by atoms with van der Waals surface area (Å²) in [6.45, 7) is 3.22. The Bertz CT molecular complexity index is 1470. The van der Waals surface area contributed by atoms with Crippen molar-refractivity contribution in [3.05, 3.63) is 96.0 Å². The SMILES string of the molecule is Cc1ccncc1-c1cc(N)c2cnc(NC(=O)C=C3CCN(C(=O)c4ccccc4)CC3)cc2c1. The van der Waals surface area contributed by atoms with Gasteiger partial charge in [-0.1, -0.05) is 23.8 Å². The molecule has 2 aromatic carbocycles. The Kier molecular flexibility index (Phi) is 6.45. The zero-order valence-corrected chi connectivity index (χ0v) is 20.1. The third-order valence-corrected chi connectivity index (χ3v) is 6.52. The molecule has 0 radical (unpaired) electrons. The molecule has 0 aliphatic carbocycles. The van der Waals surface area contributed by atoms with Gasteiger partial charge in [0.2, 0.25) is 5.91 Å². The van der Waals surface area contributed by atoms with E-state index < -0.39 is 0 Å². The fourth-order valence-corrected chi connectivity index (χ4v) is 4.53. The fourth-order valence-electron chi connectivity index (χ4n) is 4.53. The van der Waals surface area contributed by atoms with Crippen LogP contribution in [0.3, 0.4) is 0 Å². The zero-order chi connectivity index (χ0) is 25.1. The maximum atomic E-state index is 12.7. The van der Waals surface area contributed by atoms with E-state index in [0.717, 1.165) is 33.0 Å². The molecule has 0 saturated carbocycles. The van der Waals surface area contributed by atoms with Gasteiger partial charge >= 0.3 is 0 Å². The van der Waals surface area contributed by atoms with E-state index >= 15 is 0 Å². The monoisotopic (exact) mass is 477 g/mol. The number of aromatic nitrogens is 2. The van der Waals surface area contributed by atoms with Gasteiger partial charge in [-0.15, -0.1) is 0 Å². The number of amides is 2. The standard InChI is InChI=1S/C29H27N5O2/c1-19-7-10-31-17-24(19)22-14-23-16-27(32-18-25(23)26(30)15-22)33-28(35)13-20-8-11-34(12-9-20)29(36)21-5-3-2-4-6-21/h2-7,10,13-18H,8-9,11-12,30H2,1H3,(H,32,33,35). The number of nitrogens with zero attached hydrogens (tertiary/aromatic N) is 3. The number of nitrogens with two attached hydrogens (primary N) is 1. The summed E-state index contributed by atoms with van der Waals surface area (Å²) in [5.74, 6) is 0.256. The second-order valence-corrected chi connectivity index (χ2v) is 9.00. The number of rotatable bonds is 4. The van der Waals surface area contributed by atoms with Crippen molar-refractivity contribution < 1.29 is 9.59 Å². The molecule has 1 aliphatic rings. The molecular formula is C29H27N5O2. The molecule has 0 atom stereocenters. The average Bonchev–Trinajstić information content (AvgIpc) is 2.89. The van der Waals surface area contributed by atoms with Gasteiger partial charge in [-0.3, -0.25) is 14.6 Å². The summed E-state index contributed by atoms with van der Waals surface area (Å²) < 4.78 is 0. The van der Waals surface area contributed by atoms with Crippen molar-refractivity contribution in [1.29, 1.82) is 0 Å². The van der Waals surface area contributed by atoms with E-state index in [-0.39, 0.29) is 11.8 Å². The molecule has 3 N–H and O–H groups in total. The van der Waals surface area contributed by atoms with Gasteiger partial charge in [-0.05, 0) is 72.7 Å². The minimum atomic E-state index is -0.230. The van der Waals surface area contributed by atoms with E-state index in [0.29, 0.717) is 43.0 Å². The molecule has 7 heteroatoms. The first-order valence-corrected chi connectivity index (χ1v) is 11.9. The molecule has 0 bridgehead atoms. The molecule has 7 nitrogen and oxygen atoms in total. The van der Waals surface area contributed by atoms with Gasteiger partial charge in [0.1, 0.15) is 5.82 Å². The second kappa shape index (κ2) is 10.00. The lowest BCUT2D eigenvalue weighted by Crippen LogP contribution is -2.36. The lowest BCUT2D eigenvalue weighted by molar-refractivity contribution is -0.112. The molecule has 3 heterocycles. The van der Waals surface area contributed by atoms with E-state index in [1.807, 2.05) is 72.6 Å². The fraction of sp³-hybridized carbons (Fsp3) is 0.172. The van der Waals surface area contributed by atoms with Crippen molar-refractivity contribution in [1.82, 2.24) is 14.9 Å². The van der Waals surface area contributed by atoms with Crippen LogP contribution >= 0.6 is 0 Å². The number of nitrogen functional groups attached to an aromatic ring is 1. The van der Waals surface area contributed by atoms with Crippen LogP contribution in [0.2, 0.25) is 0 Å². The van der Waals surface area contributed by atoms with Crippen LogP contribution in [0.1, 0.15) is 28.8 Å². The lowest BCUT2D eigenvalue weighted by Gasteiger charge is -2.28. The number of likely N-dealkylation sites (tertiary alicyclic amines) is 1. The maximum Gasteiger partial charge on any atom is 0.253 e. The largest absolute Gasteiger partial charge is 0.398 e. The van der Waals surface area contributed by atoms with Crippen molar-refractivity contribution in [2.45, 2.75) is 19.8 Å². The van der Waals surface area contributed by atoms with Crippen molar-refractivity contribution in [3.8, 4) is 11.1 Å². The first kappa shape index (κ1) is 23.2. The Labute approximate surface area is 209 Å². The van der Waals surface area contributed by atoms with Gasteiger partial charge in [-0.2, -0.15) is 0 Å². The number of fused-ring (bicyclic) bond motifs is 1. The van der Waals surface area contributed by atoms with Crippen molar-refractivity contribution >= 4 is 34.1 Å². The quantitative estimate of drug-likeness (QED) is 0.319. The molecule has 5 rings (SSSR count). The van der Waals surface area contributed by atoms with Gasteiger partial charge < -0.3 is 16.0 Å². The number of hydrogen-bond acceptors (Lipinski definition) is 5. The molecule has 0 spiro atoms. The Morgan fingerprint density at radius 2 is 1.81 bits per heavy atom. The van der Waals surface area contributed by atoms with Crippen LogP contribution in [0.15, 0.2) is 84.8 Å². The minimum absolute atomic E-state index is 0.0274. The van der Waals surface area contributed by atoms with Crippen LogP contribution < -0.4 is 11.1 Å². The van der Waals surface area contributed by atoms with Crippen molar-refractivity contribution in [2.24, 2.45) is 0 Å². The smallest absolute Gasteiger partial charge is 0.253 e. The van der Waals surface area contributed by atoms with Gasteiger partial charge in [0.05, 0.1) is 0 Å². The Hall–Kier alpha value is -4.52. The number of anilines is 2. The molecule has 1 aliphatic heterocycles. The molecule has 2 amide bonds. The number of benzene rings is 2. The van der Waals surface area contributed by atoms with Crippen LogP contribution in [0.25, 0.3) is 21.9 Å². The predicted molar refractivity (Wildman–Crippen MR) is 142 cm³/mol. The third-order valence-electron chi connectivity index (χ3n) is 6.52. The van der Waals surface area contributed by atoms with Gasteiger partial charge in [-0.25, -0.2) is 4.98 Å². The van der Waals surface area contributed by atoms with Crippen LogP contribution in [-0.4, -0.2) is 39.8 Å². The Morgan fingerprint density at radius 3 is 2.56 bits per heavy atom. The first-order chi connectivity index (χ1) is 17.5. The minimum Gasteiger partial charge on any atom is -0.398 e. The van der Waals surface area contributed by atoms with Crippen molar-refractivity contribution in [3.63, 3.8) is 0 Å². The predicted octanol–water partition coefficient (Wildman–Crippen LogP) is 4.99. The second-order valence-electron chi connectivity index (χ2n) is 9.00. The van der Waals surface area contributed by atoms with Gasteiger partial charge in [0, 0.05) is 60.0 Å². The number of nitrogens with one attached hydrogen (secondary N) is 1. The molecular weight excluding hydrogens is 450 g/mol.